The molecule has 0 spiro atoms. The average Bonchev–Trinajstić information content (AvgIpc) is 3.02. The summed E-state index contributed by atoms with van der Waals surface area (Å²) in [6.45, 7) is 2.51. The van der Waals surface area contributed by atoms with E-state index in [0.717, 1.165) is 6.42 Å². The molecule has 0 bridgehead atoms. The number of aromatic carboxylic acids is 1. The largest absolute Gasteiger partial charge is 0.478 e. The van der Waals surface area contributed by atoms with Crippen LogP contribution in [0.4, 0.5) is 0 Å². The van der Waals surface area contributed by atoms with E-state index in [1.165, 1.54) is 18.2 Å². The fourth-order valence-electron chi connectivity index (χ4n) is 1.83. The number of benzene rings is 1. The highest BCUT2D eigenvalue weighted by Gasteiger charge is 2.33. The summed E-state index contributed by atoms with van der Waals surface area (Å²) in [6.07, 6.45) is 1.04. The van der Waals surface area contributed by atoms with Crippen molar-refractivity contribution in [3.05, 3.63) is 28.2 Å². The molecular formula is C12H14BrNO4S. The number of carboxylic acid groups (broad SMARTS) is 1. The molecule has 2 rings (SSSR count). The van der Waals surface area contributed by atoms with Gasteiger partial charge in [0.15, 0.2) is 0 Å². The van der Waals surface area contributed by atoms with Crippen molar-refractivity contribution in [2.75, 3.05) is 6.54 Å². The van der Waals surface area contributed by atoms with Crippen LogP contribution in [0.15, 0.2) is 27.6 Å². The molecule has 1 aliphatic carbocycles. The monoisotopic (exact) mass is 347 g/mol. The highest BCUT2D eigenvalue weighted by atomic mass is 79.9. The van der Waals surface area contributed by atoms with Gasteiger partial charge in [0.05, 0.1) is 10.5 Å². The number of nitrogens with one attached hydrogen (secondary N) is 1. The van der Waals surface area contributed by atoms with Crippen LogP contribution in [-0.4, -0.2) is 26.0 Å². The van der Waals surface area contributed by atoms with E-state index < -0.39 is 16.0 Å². The summed E-state index contributed by atoms with van der Waals surface area (Å²) in [5.41, 5.74) is 0.0432. The quantitative estimate of drug-likeness (QED) is 0.853. The number of rotatable bonds is 5. The van der Waals surface area contributed by atoms with Crippen molar-refractivity contribution in [2.45, 2.75) is 18.2 Å². The van der Waals surface area contributed by atoms with E-state index in [-0.39, 0.29) is 14.9 Å². The lowest BCUT2D eigenvalue weighted by atomic mass is 10.2. The molecule has 104 valence electrons. The second kappa shape index (κ2) is 5.22. The van der Waals surface area contributed by atoms with Crippen molar-refractivity contribution >= 4 is 31.9 Å². The molecule has 0 saturated heterocycles. The Morgan fingerprint density at radius 2 is 2.16 bits per heavy atom. The van der Waals surface area contributed by atoms with E-state index in [4.69, 9.17) is 5.11 Å². The molecule has 5 nitrogen and oxygen atoms in total. The normalized spacial score (nSPS) is 22.2. The molecule has 1 fully saturated rings. The molecule has 0 heterocycles. The summed E-state index contributed by atoms with van der Waals surface area (Å²) >= 11 is 3.10. The number of carbonyl (C=O) groups is 1. The Morgan fingerprint density at radius 3 is 2.63 bits per heavy atom. The summed E-state index contributed by atoms with van der Waals surface area (Å²) in [4.78, 5) is 10.8. The van der Waals surface area contributed by atoms with Crippen LogP contribution in [0, 0.1) is 11.8 Å². The molecular weight excluding hydrogens is 334 g/mol. The van der Waals surface area contributed by atoms with Crippen LogP contribution < -0.4 is 4.72 Å². The minimum Gasteiger partial charge on any atom is -0.478 e. The molecule has 0 aliphatic heterocycles. The Morgan fingerprint density at radius 1 is 1.53 bits per heavy atom. The number of sulfonamides is 1. The van der Waals surface area contributed by atoms with Crippen LogP contribution >= 0.6 is 15.9 Å². The van der Waals surface area contributed by atoms with Crippen LogP contribution in [0.25, 0.3) is 0 Å². The first-order chi connectivity index (χ1) is 8.81. The van der Waals surface area contributed by atoms with Gasteiger partial charge in [0.25, 0.3) is 0 Å². The second-order valence-electron chi connectivity index (χ2n) is 4.78. The predicted molar refractivity (Wildman–Crippen MR) is 73.6 cm³/mol. The lowest BCUT2D eigenvalue weighted by Gasteiger charge is -2.08. The second-order valence-corrected chi connectivity index (χ2v) is 7.37. The maximum Gasteiger partial charge on any atom is 0.335 e. The van der Waals surface area contributed by atoms with Gasteiger partial charge in [-0.1, -0.05) is 6.92 Å². The van der Waals surface area contributed by atoms with Gasteiger partial charge in [-0.2, -0.15) is 0 Å². The van der Waals surface area contributed by atoms with E-state index in [0.29, 0.717) is 18.4 Å². The van der Waals surface area contributed by atoms with Crippen molar-refractivity contribution in [2.24, 2.45) is 11.8 Å². The number of hydrogen-bond donors (Lipinski definition) is 2. The SMILES string of the molecule is CC1CC1CNS(=O)(=O)c1ccc(C(=O)O)cc1Br. The van der Waals surface area contributed by atoms with Gasteiger partial charge in [0.2, 0.25) is 10.0 Å². The first-order valence-corrected chi connectivity index (χ1v) is 8.11. The highest BCUT2D eigenvalue weighted by molar-refractivity contribution is 9.10. The third-order valence-corrected chi connectivity index (χ3v) is 5.68. The van der Waals surface area contributed by atoms with Gasteiger partial charge in [-0.25, -0.2) is 17.9 Å². The van der Waals surface area contributed by atoms with Crippen LogP contribution in [0.3, 0.4) is 0 Å². The van der Waals surface area contributed by atoms with E-state index >= 15 is 0 Å². The summed E-state index contributed by atoms with van der Waals surface area (Å²) in [5.74, 6) is -0.114. The molecule has 19 heavy (non-hydrogen) atoms. The topological polar surface area (TPSA) is 83.5 Å². The molecule has 0 aromatic heterocycles. The fraction of sp³-hybridized carbons (Fsp3) is 0.417. The zero-order valence-electron chi connectivity index (χ0n) is 10.3. The van der Waals surface area contributed by atoms with E-state index in [1.54, 1.807) is 0 Å². The highest BCUT2D eigenvalue weighted by Crippen LogP contribution is 2.37. The van der Waals surface area contributed by atoms with E-state index in [9.17, 15) is 13.2 Å². The van der Waals surface area contributed by atoms with Gasteiger partial charge in [-0.3, -0.25) is 0 Å². The van der Waals surface area contributed by atoms with Crippen molar-refractivity contribution in [1.29, 1.82) is 0 Å². The predicted octanol–water partition coefficient (Wildman–Crippen LogP) is 2.08. The van der Waals surface area contributed by atoms with Gasteiger partial charge in [-0.15, -0.1) is 0 Å². The van der Waals surface area contributed by atoms with Gasteiger partial charge < -0.3 is 5.11 Å². The van der Waals surface area contributed by atoms with Crippen molar-refractivity contribution < 1.29 is 18.3 Å². The van der Waals surface area contributed by atoms with Crippen molar-refractivity contribution in [3.63, 3.8) is 0 Å². The van der Waals surface area contributed by atoms with Crippen LogP contribution in [-0.2, 0) is 10.0 Å². The average molecular weight is 348 g/mol. The Labute approximate surface area is 120 Å². The smallest absolute Gasteiger partial charge is 0.335 e. The van der Waals surface area contributed by atoms with Crippen molar-refractivity contribution in [1.82, 2.24) is 4.72 Å². The molecule has 2 unspecified atom stereocenters. The molecule has 1 aliphatic rings. The summed E-state index contributed by atoms with van der Waals surface area (Å²) in [5, 5.41) is 8.83. The maximum absolute atomic E-state index is 12.1. The van der Waals surface area contributed by atoms with Gasteiger partial charge in [-0.05, 0) is 52.4 Å². The van der Waals surface area contributed by atoms with E-state index in [2.05, 4.69) is 27.6 Å². The van der Waals surface area contributed by atoms with Gasteiger partial charge in [0.1, 0.15) is 0 Å². The lowest BCUT2D eigenvalue weighted by Crippen LogP contribution is -2.26. The summed E-state index contributed by atoms with van der Waals surface area (Å²) in [6, 6.07) is 3.87. The minimum atomic E-state index is -3.60. The zero-order valence-corrected chi connectivity index (χ0v) is 12.7. The third-order valence-electron chi connectivity index (χ3n) is 3.28. The zero-order chi connectivity index (χ0) is 14.2. The van der Waals surface area contributed by atoms with Crippen LogP contribution in [0.2, 0.25) is 0 Å². The molecule has 7 heteroatoms. The molecule has 0 radical (unpaired) electrons. The number of halogens is 1. The van der Waals surface area contributed by atoms with Crippen molar-refractivity contribution in [3.8, 4) is 0 Å². The minimum absolute atomic E-state index is 0.0432. The maximum atomic E-state index is 12.1. The third kappa shape index (κ3) is 3.34. The Balaban J connectivity index is 2.17. The Hall–Kier alpha value is -0.920. The van der Waals surface area contributed by atoms with E-state index in [1.807, 2.05) is 0 Å². The fourth-order valence-corrected chi connectivity index (χ4v) is 4.00. The first-order valence-electron chi connectivity index (χ1n) is 5.84. The van der Waals surface area contributed by atoms with Gasteiger partial charge in [0, 0.05) is 11.0 Å². The first kappa shape index (κ1) is 14.5. The summed E-state index contributed by atoms with van der Waals surface area (Å²) < 4.78 is 27.0. The summed E-state index contributed by atoms with van der Waals surface area (Å²) in [7, 11) is -3.60. The molecule has 1 aromatic carbocycles. The van der Waals surface area contributed by atoms with Crippen LogP contribution in [0.5, 0.6) is 0 Å². The molecule has 0 amide bonds. The molecule has 2 N–H and O–H groups in total. The number of hydrogen-bond acceptors (Lipinski definition) is 3. The lowest BCUT2D eigenvalue weighted by molar-refractivity contribution is 0.0696. The Kier molecular flexibility index (Phi) is 3.98. The Bertz CT molecular complexity index is 614. The molecule has 2 atom stereocenters. The number of carboxylic acids is 1. The van der Waals surface area contributed by atoms with Crippen LogP contribution in [0.1, 0.15) is 23.7 Å². The molecule has 1 aromatic rings. The molecule has 1 saturated carbocycles. The standard InChI is InChI=1S/C12H14BrNO4S/c1-7-4-9(7)6-14-19(17,18)11-3-2-8(12(15)16)5-10(11)13/h2-3,5,7,9,14H,4,6H2,1H3,(H,15,16). The van der Waals surface area contributed by atoms with Gasteiger partial charge >= 0.3 is 5.97 Å².